The van der Waals surface area contributed by atoms with Crippen LogP contribution in [0.25, 0.3) is 10.9 Å². The highest BCUT2D eigenvalue weighted by Crippen LogP contribution is 2.17. The molecule has 1 aromatic heterocycles. The Morgan fingerprint density at radius 3 is 2.71 bits per heavy atom. The lowest BCUT2D eigenvalue weighted by Gasteiger charge is -2.08. The molecule has 2 rings (SSSR count). The molecule has 0 aliphatic heterocycles. The van der Waals surface area contributed by atoms with Gasteiger partial charge in [-0.15, -0.1) is 0 Å². The average molecular weight is 189 g/mol. The van der Waals surface area contributed by atoms with Gasteiger partial charge in [0.25, 0.3) is 0 Å². The first kappa shape index (κ1) is 8.81. The topological polar surface area (TPSA) is 42.2 Å². The molecule has 0 spiro atoms. The Hall–Kier alpha value is -1.77. The molecule has 0 aliphatic carbocycles. The monoisotopic (exact) mass is 189 g/mol. The van der Waals surface area contributed by atoms with Crippen LogP contribution in [0, 0.1) is 6.92 Å². The third-order valence-electron chi connectivity index (χ3n) is 2.48. The molecule has 0 saturated carbocycles. The lowest BCUT2D eigenvalue weighted by molar-refractivity contribution is 0.476. The zero-order chi connectivity index (χ0) is 10.3. The molecule has 72 valence electrons. The van der Waals surface area contributed by atoms with Crippen molar-refractivity contribution < 1.29 is 5.11 Å². The van der Waals surface area contributed by atoms with Crippen molar-refractivity contribution in [2.75, 3.05) is 0 Å². The van der Waals surface area contributed by atoms with Gasteiger partial charge in [-0.1, -0.05) is 0 Å². The molecule has 0 atom stereocenters. The molecule has 14 heavy (non-hydrogen) atoms. The molecule has 0 fully saturated rings. The van der Waals surface area contributed by atoms with Crippen LogP contribution in [0.1, 0.15) is 5.69 Å². The van der Waals surface area contributed by atoms with E-state index in [4.69, 9.17) is 0 Å². The first-order valence-electron chi connectivity index (χ1n) is 4.39. The lowest BCUT2D eigenvalue weighted by Crippen LogP contribution is -2.08. The van der Waals surface area contributed by atoms with E-state index in [0.717, 1.165) is 11.2 Å². The normalized spacial score (nSPS) is 10.7. The molecule has 3 heteroatoms. The minimum atomic E-state index is -0.0495. The Balaban J connectivity index is 3.02. The number of aromatic hydroxyl groups is 1. The number of nitrogens with zero attached hydrogens (tertiary/aromatic N) is 1. The summed E-state index contributed by atoms with van der Waals surface area (Å²) in [5, 5.41) is 9.82. The fourth-order valence-electron chi connectivity index (χ4n) is 1.57. The van der Waals surface area contributed by atoms with Gasteiger partial charge in [0, 0.05) is 24.2 Å². The van der Waals surface area contributed by atoms with Crippen LogP contribution in [0.4, 0.5) is 0 Å². The Morgan fingerprint density at radius 1 is 1.29 bits per heavy atom. The molecule has 3 nitrogen and oxygen atoms in total. The zero-order valence-electron chi connectivity index (χ0n) is 8.11. The Labute approximate surface area is 81.2 Å². The van der Waals surface area contributed by atoms with Gasteiger partial charge in [0.2, 0.25) is 0 Å². The average Bonchev–Trinajstić information content (AvgIpc) is 2.14. The van der Waals surface area contributed by atoms with Gasteiger partial charge in [-0.25, -0.2) is 0 Å². The number of fused-ring (bicyclic) bond motifs is 1. The van der Waals surface area contributed by atoms with E-state index < -0.39 is 0 Å². The highest BCUT2D eigenvalue weighted by Gasteiger charge is 2.03. The van der Waals surface area contributed by atoms with Crippen molar-refractivity contribution >= 4 is 10.9 Å². The van der Waals surface area contributed by atoms with E-state index in [-0.39, 0.29) is 11.2 Å². The number of rotatable bonds is 0. The fourth-order valence-corrected chi connectivity index (χ4v) is 1.57. The predicted molar refractivity (Wildman–Crippen MR) is 55.6 cm³/mol. The largest absolute Gasteiger partial charge is 0.508 e. The van der Waals surface area contributed by atoms with Crippen molar-refractivity contribution in [3.8, 4) is 5.75 Å². The molecule has 0 saturated heterocycles. The van der Waals surface area contributed by atoms with E-state index in [0.29, 0.717) is 5.39 Å². The number of aryl methyl sites for hydroxylation is 2. The lowest BCUT2D eigenvalue weighted by atomic mass is 10.2. The molecular weight excluding hydrogens is 178 g/mol. The molecule has 1 N–H and O–H groups in total. The second kappa shape index (κ2) is 2.87. The maximum absolute atomic E-state index is 11.6. The number of phenols is 1. The van der Waals surface area contributed by atoms with Crippen molar-refractivity contribution in [2.45, 2.75) is 6.92 Å². The maximum atomic E-state index is 11.6. The van der Waals surface area contributed by atoms with Crippen LogP contribution in [0.3, 0.4) is 0 Å². The second-order valence-electron chi connectivity index (χ2n) is 3.41. The molecule has 0 aliphatic rings. The Morgan fingerprint density at radius 2 is 2.00 bits per heavy atom. The van der Waals surface area contributed by atoms with Crippen molar-refractivity contribution in [2.24, 2.45) is 7.05 Å². The van der Waals surface area contributed by atoms with Gasteiger partial charge >= 0.3 is 0 Å². The van der Waals surface area contributed by atoms with Crippen LogP contribution < -0.4 is 5.43 Å². The summed E-state index contributed by atoms with van der Waals surface area (Å²) in [5.74, 6) is 0.124. The van der Waals surface area contributed by atoms with Gasteiger partial charge in [0.1, 0.15) is 5.75 Å². The van der Waals surface area contributed by atoms with Crippen molar-refractivity contribution in [3.05, 3.63) is 40.2 Å². The van der Waals surface area contributed by atoms with E-state index in [9.17, 15) is 9.90 Å². The van der Waals surface area contributed by atoms with Crippen molar-refractivity contribution in [3.63, 3.8) is 0 Å². The van der Waals surface area contributed by atoms with E-state index >= 15 is 0 Å². The quantitative estimate of drug-likeness (QED) is 0.683. The number of pyridine rings is 1. The summed E-state index contributed by atoms with van der Waals surface area (Å²) in [6.45, 7) is 1.88. The molecule has 0 unspecified atom stereocenters. The molecule has 2 aromatic rings. The summed E-state index contributed by atoms with van der Waals surface area (Å²) < 4.78 is 1.93. The molecule has 0 radical (unpaired) electrons. The van der Waals surface area contributed by atoms with Crippen LogP contribution in [0.15, 0.2) is 29.1 Å². The summed E-state index contributed by atoms with van der Waals surface area (Å²) in [4.78, 5) is 11.6. The highest BCUT2D eigenvalue weighted by molar-refractivity contribution is 5.80. The number of phenolic OH excluding ortho intramolecular Hbond substituents is 1. The summed E-state index contributed by atoms with van der Waals surface area (Å²) in [7, 11) is 1.90. The SMILES string of the molecule is Cc1cc(=O)c2cc(O)ccc2n1C. The van der Waals surface area contributed by atoms with Gasteiger partial charge in [-0.2, -0.15) is 0 Å². The number of hydrogen-bond donors (Lipinski definition) is 1. The summed E-state index contributed by atoms with van der Waals surface area (Å²) in [6, 6.07) is 6.40. The molecule has 1 heterocycles. The zero-order valence-corrected chi connectivity index (χ0v) is 8.11. The molecule has 0 amide bonds. The minimum Gasteiger partial charge on any atom is -0.508 e. The molecule has 1 aromatic carbocycles. The first-order valence-corrected chi connectivity index (χ1v) is 4.39. The van der Waals surface area contributed by atoms with Crippen molar-refractivity contribution in [1.82, 2.24) is 4.57 Å². The third-order valence-corrected chi connectivity index (χ3v) is 2.48. The maximum Gasteiger partial charge on any atom is 0.189 e. The smallest absolute Gasteiger partial charge is 0.189 e. The van der Waals surface area contributed by atoms with E-state index in [1.54, 1.807) is 18.2 Å². The van der Waals surface area contributed by atoms with Gasteiger partial charge < -0.3 is 9.67 Å². The summed E-state index contributed by atoms with van der Waals surface area (Å²) in [6.07, 6.45) is 0. The van der Waals surface area contributed by atoms with Gasteiger partial charge in [-0.3, -0.25) is 4.79 Å². The van der Waals surface area contributed by atoms with Gasteiger partial charge in [0.15, 0.2) is 5.43 Å². The van der Waals surface area contributed by atoms with Crippen LogP contribution in [0.2, 0.25) is 0 Å². The second-order valence-corrected chi connectivity index (χ2v) is 3.41. The first-order chi connectivity index (χ1) is 6.59. The van der Waals surface area contributed by atoms with Gasteiger partial charge in [0.05, 0.1) is 5.52 Å². The van der Waals surface area contributed by atoms with E-state index in [1.165, 1.54) is 6.07 Å². The summed E-state index contributed by atoms with van der Waals surface area (Å²) in [5.41, 5.74) is 1.70. The van der Waals surface area contributed by atoms with Gasteiger partial charge in [-0.05, 0) is 25.1 Å². The number of aromatic nitrogens is 1. The summed E-state index contributed by atoms with van der Waals surface area (Å²) >= 11 is 0. The van der Waals surface area contributed by atoms with Crippen LogP contribution in [-0.4, -0.2) is 9.67 Å². The van der Waals surface area contributed by atoms with Crippen LogP contribution >= 0.6 is 0 Å². The Bertz CT molecular complexity index is 555. The number of hydrogen-bond acceptors (Lipinski definition) is 2. The predicted octanol–water partition coefficient (Wildman–Crippen LogP) is 1.55. The minimum absolute atomic E-state index is 0.0495. The standard InChI is InChI=1S/C11H11NO2/c1-7-5-11(14)9-6-8(13)3-4-10(9)12(7)2/h3-6,13H,1-2H3. The van der Waals surface area contributed by atoms with E-state index in [2.05, 4.69) is 0 Å². The highest BCUT2D eigenvalue weighted by atomic mass is 16.3. The van der Waals surface area contributed by atoms with Crippen LogP contribution in [-0.2, 0) is 7.05 Å². The molecule has 0 bridgehead atoms. The molecular formula is C11H11NO2. The fraction of sp³-hybridized carbons (Fsp3) is 0.182. The van der Waals surface area contributed by atoms with E-state index in [1.807, 2.05) is 18.5 Å². The number of benzene rings is 1. The Kier molecular flexibility index (Phi) is 1.81. The van der Waals surface area contributed by atoms with Crippen molar-refractivity contribution in [1.29, 1.82) is 0 Å². The van der Waals surface area contributed by atoms with Crippen LogP contribution in [0.5, 0.6) is 5.75 Å². The third kappa shape index (κ3) is 1.18.